The third-order valence-electron chi connectivity index (χ3n) is 1.28. The maximum atomic E-state index is 9.93. The van der Waals surface area contributed by atoms with Crippen molar-refractivity contribution in [3.8, 4) is 0 Å². The first-order valence-electron chi connectivity index (χ1n) is 6.84. The number of hydrogen-bond acceptors (Lipinski definition) is 4. The van der Waals surface area contributed by atoms with Crippen LogP contribution in [0, 0.1) is 6.33 Å². The van der Waals surface area contributed by atoms with Gasteiger partial charge in [0.2, 0.25) is 0 Å². The van der Waals surface area contributed by atoms with Crippen LogP contribution in [0.4, 0.5) is 4.39 Å². The van der Waals surface area contributed by atoms with Crippen LogP contribution >= 0.6 is 0 Å². The molecule has 0 aromatic rings. The van der Waals surface area contributed by atoms with Gasteiger partial charge in [0.25, 0.3) is 0 Å². The Bertz CT molecular complexity index is 183. The van der Waals surface area contributed by atoms with Crippen molar-refractivity contribution in [1.29, 1.82) is 0 Å². The van der Waals surface area contributed by atoms with E-state index in [-0.39, 0.29) is 44.8 Å². The van der Waals surface area contributed by atoms with E-state index < -0.39 is 9.05 Å². The second kappa shape index (κ2) is 49.5. The molecule has 0 saturated carbocycles. The van der Waals surface area contributed by atoms with Gasteiger partial charge in [-0.3, -0.25) is 6.58 Å². The summed E-state index contributed by atoms with van der Waals surface area (Å²) >= 11 is 0. The number of halogens is 1. The third kappa shape index (κ3) is 38.1. The quantitative estimate of drug-likeness (QED) is 0.370. The zero-order valence-corrected chi connectivity index (χ0v) is 18.9. The molecule has 138 valence electrons. The van der Waals surface area contributed by atoms with Crippen LogP contribution in [0.5, 0.6) is 0 Å². The molecule has 4 nitrogen and oxygen atoms in total. The first-order valence-corrected chi connectivity index (χ1v) is 8.48. The average Bonchev–Trinajstić information content (AvgIpc) is 2.55. The molecule has 0 aromatic heterocycles. The van der Waals surface area contributed by atoms with Crippen molar-refractivity contribution in [2.45, 2.75) is 27.7 Å². The van der Waals surface area contributed by atoms with Gasteiger partial charge in [-0.25, -0.2) is 0 Å². The molecule has 0 bridgehead atoms. The van der Waals surface area contributed by atoms with E-state index in [2.05, 4.69) is 46.1 Å². The maximum absolute atomic E-state index is 9.93. The third-order valence-corrected chi connectivity index (χ3v) is 3.85. The van der Waals surface area contributed by atoms with Gasteiger partial charge in [-0.2, -0.15) is 0 Å². The van der Waals surface area contributed by atoms with E-state index in [1.807, 2.05) is 27.7 Å². The van der Waals surface area contributed by atoms with Gasteiger partial charge >= 0.3 is 51.0 Å². The predicted molar refractivity (Wildman–Crippen MR) is 104 cm³/mol. The SMILES string of the molecule is C=C.C=C.C=C.C=[C-]F.CCO[Si](OCC)(OCC)OCC.[H-].[H-].[Li+].[Mg+2]. The largest absolute Gasteiger partial charge is 2.00 e. The summed E-state index contributed by atoms with van der Waals surface area (Å²) in [6, 6.07) is 0. The Morgan fingerprint density at radius 1 is 0.750 bits per heavy atom. The topological polar surface area (TPSA) is 36.9 Å². The van der Waals surface area contributed by atoms with Crippen molar-refractivity contribution >= 4 is 32.1 Å². The normalized spacial score (nSPS) is 7.54. The van der Waals surface area contributed by atoms with Crippen LogP contribution in [0.2, 0.25) is 0 Å². The predicted octanol–water partition coefficient (Wildman–Crippen LogP) is 1.73. The van der Waals surface area contributed by atoms with Crippen molar-refractivity contribution < 1.29 is 43.8 Å². The van der Waals surface area contributed by atoms with E-state index in [4.69, 9.17) is 17.7 Å². The van der Waals surface area contributed by atoms with Gasteiger partial charge < -0.3 is 31.3 Å². The molecule has 0 amide bonds. The Labute approximate surface area is 182 Å². The first kappa shape index (κ1) is 44.1. The molecule has 0 rings (SSSR count). The van der Waals surface area contributed by atoms with Crippen molar-refractivity contribution in [2.75, 3.05) is 26.4 Å². The van der Waals surface area contributed by atoms with Gasteiger partial charge in [0, 0.05) is 26.4 Å². The van der Waals surface area contributed by atoms with Gasteiger partial charge in [0.05, 0.1) is 0 Å². The van der Waals surface area contributed by atoms with Crippen LogP contribution < -0.4 is 18.9 Å². The zero-order valence-electron chi connectivity index (χ0n) is 18.5. The van der Waals surface area contributed by atoms with E-state index in [0.29, 0.717) is 26.4 Å². The molecule has 0 heterocycles. The molecule has 0 spiro atoms. The summed E-state index contributed by atoms with van der Waals surface area (Å²) in [5.74, 6) is 0. The fraction of sp³-hybridized carbons (Fsp3) is 0.500. The minimum absolute atomic E-state index is 0. The Kier molecular flexibility index (Phi) is 90.9. The van der Waals surface area contributed by atoms with Crippen LogP contribution in [-0.2, 0) is 17.7 Å². The Balaban J connectivity index is -0.0000000276. The van der Waals surface area contributed by atoms with Gasteiger partial charge in [0.1, 0.15) is 0 Å². The fourth-order valence-electron chi connectivity index (χ4n) is 0.957. The molecular weight excluding hydrogens is 335 g/mol. The van der Waals surface area contributed by atoms with Crippen molar-refractivity contribution in [1.82, 2.24) is 0 Å². The van der Waals surface area contributed by atoms with Crippen LogP contribution in [0.15, 0.2) is 46.1 Å². The van der Waals surface area contributed by atoms with E-state index in [9.17, 15) is 4.39 Å². The van der Waals surface area contributed by atoms with Crippen molar-refractivity contribution in [3.63, 3.8) is 0 Å². The van der Waals surface area contributed by atoms with E-state index in [1.54, 1.807) is 0 Å². The summed E-state index contributed by atoms with van der Waals surface area (Å²) in [5.41, 5.74) is 0. The molecule has 0 N–H and O–H groups in total. The Hall–Kier alpha value is 0.311. The van der Waals surface area contributed by atoms with Gasteiger partial charge in [-0.15, -0.1) is 39.5 Å². The molecule has 0 radical (unpaired) electrons. The fourth-order valence-corrected chi connectivity index (χ4v) is 2.87. The monoisotopic (exact) mass is 370 g/mol. The molecule has 0 unspecified atom stereocenters. The minimum Gasteiger partial charge on any atom is -1.00 e. The van der Waals surface area contributed by atoms with E-state index in [1.165, 1.54) is 0 Å². The van der Waals surface area contributed by atoms with Crippen molar-refractivity contribution in [3.05, 3.63) is 52.4 Å². The Morgan fingerprint density at radius 3 is 0.958 bits per heavy atom. The number of rotatable bonds is 8. The van der Waals surface area contributed by atoms with Crippen LogP contribution in [0.3, 0.4) is 0 Å². The smallest absolute Gasteiger partial charge is 1.00 e. The molecule has 0 saturated heterocycles. The van der Waals surface area contributed by atoms with Crippen LogP contribution in [-0.4, -0.2) is 58.5 Å². The summed E-state index contributed by atoms with van der Waals surface area (Å²) in [7, 11) is -2.80. The van der Waals surface area contributed by atoms with Crippen molar-refractivity contribution in [2.24, 2.45) is 0 Å². The first-order chi connectivity index (χ1) is 10.7. The molecule has 24 heavy (non-hydrogen) atoms. The molecule has 0 aliphatic heterocycles. The molecule has 0 aromatic carbocycles. The maximum Gasteiger partial charge on any atom is 2.00 e. The summed E-state index contributed by atoms with van der Waals surface area (Å²) < 4.78 is 31.6. The van der Waals surface area contributed by atoms with Gasteiger partial charge in [0.15, 0.2) is 0 Å². The summed E-state index contributed by atoms with van der Waals surface area (Å²) in [5, 5.41) is 0. The summed E-state index contributed by atoms with van der Waals surface area (Å²) in [6.07, 6.45) is 1.00. The molecule has 8 heteroatoms. The van der Waals surface area contributed by atoms with Gasteiger partial charge in [-0.1, -0.05) is 0 Å². The van der Waals surface area contributed by atoms with Crippen LogP contribution in [0.1, 0.15) is 30.5 Å². The molecular formula is C16H36FLiMgO4Si. The molecule has 0 atom stereocenters. The Morgan fingerprint density at radius 2 is 0.875 bits per heavy atom. The molecule has 0 fully saturated rings. The summed E-state index contributed by atoms with van der Waals surface area (Å²) in [4.78, 5) is 0. The summed E-state index contributed by atoms with van der Waals surface area (Å²) in [6.45, 7) is 30.4. The van der Waals surface area contributed by atoms with E-state index >= 15 is 0 Å². The van der Waals surface area contributed by atoms with Crippen LogP contribution in [0.25, 0.3) is 0 Å². The zero-order chi connectivity index (χ0) is 18.9. The number of hydrogen-bond donors (Lipinski definition) is 0. The van der Waals surface area contributed by atoms with E-state index in [0.717, 1.165) is 6.33 Å². The minimum atomic E-state index is -2.80. The second-order valence-corrected chi connectivity index (χ2v) is 4.52. The van der Waals surface area contributed by atoms with Gasteiger partial charge in [-0.05, 0) is 27.7 Å². The second-order valence-electron chi connectivity index (χ2n) is 2.37. The molecule has 0 aliphatic carbocycles. The standard InChI is InChI=1S/C8H20O4Si.C2H2F.3C2H4.Li.Mg.2H/c1-5-9-13(10-6-2,11-7-3)12-8-4;1-2-3;3*1-2;;;;/h5-8H2,1-4H3;1H2;3*1-2H2;;;;/q;-1;;;;+1;+2;2*-1. The average molecular weight is 371 g/mol. The molecule has 0 aliphatic rings.